The summed E-state index contributed by atoms with van der Waals surface area (Å²) in [4.78, 5) is 94.9. The Morgan fingerprint density at radius 3 is 1.59 bits per heavy atom. The van der Waals surface area contributed by atoms with E-state index in [0.717, 1.165) is 5.56 Å². The molecule has 1 aromatic rings. The number of hydrogen-bond acceptors (Lipinski definition) is 9. The van der Waals surface area contributed by atoms with Crippen LogP contribution in [0.4, 0.5) is 0 Å². The van der Waals surface area contributed by atoms with Crippen molar-refractivity contribution in [3.05, 3.63) is 35.9 Å². The molecule has 0 aliphatic heterocycles. The van der Waals surface area contributed by atoms with Crippen molar-refractivity contribution < 1.29 is 38.7 Å². The molecule has 6 atom stereocenters. The number of hydrogen-bond donors (Lipinski definition) is 10. The van der Waals surface area contributed by atoms with Crippen LogP contribution in [0.25, 0.3) is 0 Å². The molecule has 1 aromatic carbocycles. The SMILES string of the molecule is CC(C)C[C@H](NC(=O)[C@H](CC(C)C)NC(=O)[C@@H](N)Cc1ccccc1)C(=O)N[C@@H](CCCN=C(N)N)C(=O)N[C@@H](CC(N)=O)C(=O)N[C@H](C(=O)O)C(C)C. The van der Waals surface area contributed by atoms with Crippen LogP contribution in [0, 0.1) is 17.8 Å². The third-order valence-corrected chi connectivity index (χ3v) is 8.16. The monoisotopic (exact) mass is 760 g/mol. The molecule has 54 heavy (non-hydrogen) atoms. The number of primary amides is 1. The highest BCUT2D eigenvalue weighted by Gasteiger charge is 2.34. The Morgan fingerprint density at radius 2 is 1.13 bits per heavy atom. The Bertz CT molecular complexity index is 1450. The number of aliphatic carboxylic acids is 1. The van der Waals surface area contributed by atoms with Gasteiger partial charge in [0.2, 0.25) is 35.4 Å². The average molecular weight is 761 g/mol. The minimum atomic E-state index is -1.58. The molecular weight excluding hydrogens is 700 g/mol. The second kappa shape index (κ2) is 23.4. The Hall–Kier alpha value is -5.26. The van der Waals surface area contributed by atoms with E-state index in [1.165, 1.54) is 0 Å². The van der Waals surface area contributed by atoms with Gasteiger partial charge in [0.05, 0.1) is 12.5 Å². The first-order valence-corrected chi connectivity index (χ1v) is 18.1. The molecule has 0 saturated heterocycles. The number of carbonyl (C=O) groups is 7. The Labute approximate surface area is 316 Å². The van der Waals surface area contributed by atoms with Crippen molar-refractivity contribution >= 4 is 47.4 Å². The third kappa shape index (κ3) is 18.0. The van der Waals surface area contributed by atoms with Crippen LogP contribution in [0.5, 0.6) is 0 Å². The van der Waals surface area contributed by atoms with Gasteiger partial charge in [0.15, 0.2) is 5.96 Å². The molecule has 0 saturated carbocycles. The summed E-state index contributed by atoms with van der Waals surface area (Å²) in [7, 11) is 0. The molecule has 18 nitrogen and oxygen atoms in total. The third-order valence-electron chi connectivity index (χ3n) is 8.16. The molecule has 0 spiro atoms. The van der Waals surface area contributed by atoms with E-state index in [1.54, 1.807) is 13.8 Å². The van der Waals surface area contributed by atoms with E-state index < -0.39 is 90.0 Å². The van der Waals surface area contributed by atoms with Crippen molar-refractivity contribution in [2.45, 2.75) is 116 Å². The van der Waals surface area contributed by atoms with Crippen LogP contribution >= 0.6 is 0 Å². The largest absolute Gasteiger partial charge is 0.480 e. The lowest BCUT2D eigenvalue weighted by Gasteiger charge is -2.28. The van der Waals surface area contributed by atoms with Crippen molar-refractivity contribution in [3.8, 4) is 0 Å². The number of guanidine groups is 1. The van der Waals surface area contributed by atoms with Gasteiger partial charge in [0.1, 0.15) is 30.2 Å². The van der Waals surface area contributed by atoms with Crippen molar-refractivity contribution in [2.24, 2.45) is 45.7 Å². The van der Waals surface area contributed by atoms with E-state index in [9.17, 15) is 38.7 Å². The minimum absolute atomic E-state index is 0.0288. The molecule has 0 fully saturated rings. The maximum absolute atomic E-state index is 13.8. The zero-order valence-corrected chi connectivity index (χ0v) is 32.1. The highest BCUT2D eigenvalue weighted by Crippen LogP contribution is 2.12. The molecular formula is C36H60N10O8. The number of amides is 6. The van der Waals surface area contributed by atoms with Crippen LogP contribution in [0.2, 0.25) is 0 Å². The fourth-order valence-corrected chi connectivity index (χ4v) is 5.41. The van der Waals surface area contributed by atoms with Gasteiger partial charge in [0, 0.05) is 6.54 Å². The van der Waals surface area contributed by atoms with Crippen LogP contribution < -0.4 is 49.5 Å². The predicted octanol–water partition coefficient (Wildman–Crippen LogP) is -1.26. The van der Waals surface area contributed by atoms with Crippen LogP contribution in [0.15, 0.2) is 35.3 Å². The molecule has 0 aromatic heterocycles. The van der Waals surface area contributed by atoms with E-state index in [-0.39, 0.29) is 56.4 Å². The number of nitrogens with one attached hydrogen (secondary N) is 5. The lowest BCUT2D eigenvalue weighted by molar-refractivity contribution is -0.143. The van der Waals surface area contributed by atoms with Crippen LogP contribution in [-0.2, 0) is 40.0 Å². The average Bonchev–Trinajstić information content (AvgIpc) is 3.06. The molecule has 6 amide bonds. The summed E-state index contributed by atoms with van der Waals surface area (Å²) in [6.45, 7) is 10.6. The first-order valence-electron chi connectivity index (χ1n) is 18.1. The van der Waals surface area contributed by atoms with Gasteiger partial charge in [-0.3, -0.25) is 33.8 Å². The zero-order chi connectivity index (χ0) is 41.1. The molecule has 0 unspecified atom stereocenters. The van der Waals surface area contributed by atoms with Crippen molar-refractivity contribution in [1.29, 1.82) is 0 Å². The molecule has 18 heteroatoms. The van der Waals surface area contributed by atoms with Gasteiger partial charge in [-0.05, 0) is 55.4 Å². The lowest BCUT2D eigenvalue weighted by Crippen LogP contribution is -2.60. The number of nitrogens with zero attached hydrogens (tertiary/aromatic N) is 1. The topological polar surface area (TPSA) is 316 Å². The van der Waals surface area contributed by atoms with Crippen LogP contribution in [-0.4, -0.2) is 95.3 Å². The van der Waals surface area contributed by atoms with E-state index in [0.29, 0.717) is 0 Å². The summed E-state index contributed by atoms with van der Waals surface area (Å²) in [6, 6.07) is 1.80. The fourth-order valence-electron chi connectivity index (χ4n) is 5.41. The Morgan fingerprint density at radius 1 is 0.667 bits per heavy atom. The van der Waals surface area contributed by atoms with Crippen LogP contribution in [0.1, 0.15) is 79.2 Å². The van der Waals surface area contributed by atoms with Crippen molar-refractivity contribution in [2.75, 3.05) is 6.54 Å². The number of benzene rings is 1. The Balaban J connectivity index is 3.30. The lowest BCUT2D eigenvalue weighted by atomic mass is 9.99. The van der Waals surface area contributed by atoms with Crippen molar-refractivity contribution in [3.63, 3.8) is 0 Å². The molecule has 1 rings (SSSR count). The highest BCUT2D eigenvalue weighted by molar-refractivity contribution is 5.97. The fraction of sp³-hybridized carbons (Fsp3) is 0.611. The molecule has 0 radical (unpaired) electrons. The molecule has 0 aliphatic rings. The maximum atomic E-state index is 13.8. The van der Waals surface area contributed by atoms with Crippen molar-refractivity contribution in [1.82, 2.24) is 26.6 Å². The summed E-state index contributed by atoms with van der Waals surface area (Å²) < 4.78 is 0. The number of aliphatic imine (C=N–C) groups is 1. The van der Waals surface area contributed by atoms with E-state index in [1.807, 2.05) is 58.0 Å². The van der Waals surface area contributed by atoms with Crippen LogP contribution in [0.3, 0.4) is 0 Å². The summed E-state index contributed by atoms with van der Waals surface area (Å²) in [5.74, 6) is -6.92. The highest BCUT2D eigenvalue weighted by atomic mass is 16.4. The van der Waals surface area contributed by atoms with Gasteiger partial charge in [-0.15, -0.1) is 0 Å². The maximum Gasteiger partial charge on any atom is 0.326 e. The number of rotatable bonds is 24. The number of carbonyl (C=O) groups excluding carboxylic acids is 6. The summed E-state index contributed by atoms with van der Waals surface area (Å²) in [5.41, 5.74) is 23.2. The van der Waals surface area contributed by atoms with Gasteiger partial charge < -0.3 is 54.6 Å². The number of nitrogens with two attached hydrogens (primary N) is 4. The second-order valence-electron chi connectivity index (χ2n) is 14.5. The number of carboxylic acid groups (broad SMARTS) is 1. The minimum Gasteiger partial charge on any atom is -0.480 e. The molecule has 0 heterocycles. The summed E-state index contributed by atoms with van der Waals surface area (Å²) in [6.07, 6.45) is 0.105. The molecule has 0 bridgehead atoms. The quantitative estimate of drug-likeness (QED) is 0.0337. The van der Waals surface area contributed by atoms with E-state index in [2.05, 4.69) is 31.6 Å². The zero-order valence-electron chi connectivity index (χ0n) is 32.1. The van der Waals surface area contributed by atoms with Gasteiger partial charge in [0.25, 0.3) is 0 Å². The van der Waals surface area contributed by atoms with Gasteiger partial charge in [-0.2, -0.15) is 0 Å². The normalized spacial score (nSPS) is 14.5. The second-order valence-corrected chi connectivity index (χ2v) is 14.5. The molecule has 14 N–H and O–H groups in total. The Kier molecular flexibility index (Phi) is 20.3. The van der Waals surface area contributed by atoms with Gasteiger partial charge in [-0.25, -0.2) is 4.79 Å². The number of carboxylic acids is 1. The summed E-state index contributed by atoms with van der Waals surface area (Å²) >= 11 is 0. The smallest absolute Gasteiger partial charge is 0.326 e. The van der Waals surface area contributed by atoms with E-state index in [4.69, 9.17) is 22.9 Å². The predicted molar refractivity (Wildman–Crippen MR) is 203 cm³/mol. The van der Waals surface area contributed by atoms with Gasteiger partial charge in [-0.1, -0.05) is 71.9 Å². The first kappa shape index (κ1) is 46.8. The van der Waals surface area contributed by atoms with E-state index >= 15 is 0 Å². The molecule has 0 aliphatic carbocycles. The first-order chi connectivity index (χ1) is 25.2. The standard InChI is InChI=1S/C36H60N10O8/c1-19(2)15-25(43-30(48)23(37)17-22-11-8-7-9-12-22)33(51)44-26(16-20(3)4)32(50)42-24(13-10-14-41-36(39)40)31(49)45-27(18-28(38)47)34(52)46-29(21(5)6)35(53)54/h7-9,11-12,19-21,23-27,29H,10,13-18,37H2,1-6H3,(H2,38,47)(H,42,50)(H,43,48)(H,44,51)(H,45,49)(H,46,52)(H,53,54)(H4,39,40,41)/t23-,24-,25-,26-,27-,29-/m0/s1. The molecule has 302 valence electrons. The van der Waals surface area contributed by atoms with Gasteiger partial charge >= 0.3 is 5.97 Å². The summed E-state index contributed by atoms with van der Waals surface area (Å²) in [5, 5.41) is 22.3.